The smallest absolute Gasteiger partial charge is 0.254 e. The number of carbonyl (C=O) groups is 1. The van der Waals surface area contributed by atoms with Crippen LogP contribution in [0.1, 0.15) is 10.4 Å². The highest BCUT2D eigenvalue weighted by Gasteiger charge is 2.42. The Morgan fingerprint density at radius 3 is 2.66 bits per heavy atom. The normalized spacial score (nSPS) is 24.2. The lowest BCUT2D eigenvalue weighted by atomic mass is 10.1. The minimum absolute atomic E-state index is 0.0469. The maximum Gasteiger partial charge on any atom is 0.254 e. The minimum atomic E-state index is -3.00. The summed E-state index contributed by atoms with van der Waals surface area (Å²) >= 11 is 7.78. The van der Waals surface area contributed by atoms with Gasteiger partial charge in [0.05, 0.1) is 28.3 Å². The molecule has 2 aromatic rings. The summed E-state index contributed by atoms with van der Waals surface area (Å²) in [5.74, 6) is 1.11. The lowest BCUT2D eigenvalue weighted by Crippen LogP contribution is -2.49. The highest BCUT2D eigenvalue weighted by Crippen LogP contribution is 2.35. The van der Waals surface area contributed by atoms with E-state index in [1.54, 1.807) is 24.4 Å². The number of rotatable bonds is 3. The highest BCUT2D eigenvalue weighted by molar-refractivity contribution is 8.15. The van der Waals surface area contributed by atoms with Gasteiger partial charge in [-0.1, -0.05) is 29.4 Å². The maximum absolute atomic E-state index is 13.1. The number of aromatic nitrogens is 1. The Morgan fingerprint density at radius 2 is 1.94 bits per heavy atom. The van der Waals surface area contributed by atoms with Gasteiger partial charge < -0.3 is 15.1 Å². The summed E-state index contributed by atoms with van der Waals surface area (Å²) in [5.41, 5.74) is 1.15. The number of anilines is 2. The van der Waals surface area contributed by atoms with Gasteiger partial charge >= 0.3 is 0 Å². The van der Waals surface area contributed by atoms with Crippen molar-refractivity contribution in [2.24, 2.45) is 4.99 Å². The Labute approximate surface area is 196 Å². The Hall–Kier alpha value is -2.30. The molecular formula is C21H22ClN5O3S2. The second-order valence-electron chi connectivity index (χ2n) is 8.02. The van der Waals surface area contributed by atoms with Crippen molar-refractivity contribution in [1.82, 2.24) is 9.88 Å². The number of fused-ring (bicyclic) bond motifs is 1. The zero-order chi connectivity index (χ0) is 22.3. The van der Waals surface area contributed by atoms with E-state index in [2.05, 4.69) is 20.2 Å². The van der Waals surface area contributed by atoms with Crippen LogP contribution in [0.15, 0.2) is 47.6 Å². The van der Waals surface area contributed by atoms with Crippen LogP contribution in [-0.2, 0) is 9.84 Å². The number of piperazine rings is 1. The van der Waals surface area contributed by atoms with Crippen molar-refractivity contribution in [3.8, 4) is 0 Å². The zero-order valence-corrected chi connectivity index (χ0v) is 19.5. The quantitative estimate of drug-likeness (QED) is 0.704. The number of sulfone groups is 1. The van der Waals surface area contributed by atoms with Gasteiger partial charge in [0.25, 0.3) is 5.91 Å². The summed E-state index contributed by atoms with van der Waals surface area (Å²) < 4.78 is 23.5. The predicted octanol–water partition coefficient (Wildman–Crippen LogP) is 2.38. The molecule has 1 aromatic carbocycles. The van der Waals surface area contributed by atoms with E-state index >= 15 is 0 Å². The average molecular weight is 492 g/mol. The monoisotopic (exact) mass is 491 g/mol. The molecule has 1 aromatic heterocycles. The summed E-state index contributed by atoms with van der Waals surface area (Å²) in [6.07, 6.45) is 1.77. The average Bonchev–Trinajstić information content (AvgIpc) is 3.28. The summed E-state index contributed by atoms with van der Waals surface area (Å²) in [6, 6.07) is 10.8. The van der Waals surface area contributed by atoms with Crippen molar-refractivity contribution >= 4 is 55.8 Å². The van der Waals surface area contributed by atoms with Crippen molar-refractivity contribution in [3.63, 3.8) is 0 Å². The van der Waals surface area contributed by atoms with Crippen molar-refractivity contribution in [1.29, 1.82) is 0 Å². The van der Waals surface area contributed by atoms with Crippen molar-refractivity contribution in [2.45, 2.75) is 11.3 Å². The highest BCUT2D eigenvalue weighted by atomic mass is 35.5. The zero-order valence-electron chi connectivity index (χ0n) is 17.1. The lowest BCUT2D eigenvalue weighted by Gasteiger charge is -2.35. The largest absolute Gasteiger partial charge is 0.353 e. The SMILES string of the molecule is O=C(c1ccc(Cl)c(NC2=N[C@H]3CS(=O)(=O)C[C@@H]3S2)c1)N1CCN(c2ccccn2)CC1. The number of carbonyl (C=O) groups excluding carboxylic acids is 1. The predicted molar refractivity (Wildman–Crippen MR) is 129 cm³/mol. The number of hydrogen-bond acceptors (Lipinski definition) is 8. The number of benzene rings is 1. The second kappa shape index (κ2) is 8.57. The van der Waals surface area contributed by atoms with E-state index in [1.165, 1.54) is 11.8 Å². The summed E-state index contributed by atoms with van der Waals surface area (Å²) in [4.78, 5) is 26.0. The number of nitrogens with zero attached hydrogens (tertiary/aromatic N) is 4. The molecule has 1 N–H and O–H groups in total. The van der Waals surface area contributed by atoms with Crippen LogP contribution in [0.5, 0.6) is 0 Å². The molecule has 5 rings (SSSR count). The van der Waals surface area contributed by atoms with Crippen LogP contribution < -0.4 is 10.2 Å². The molecule has 0 unspecified atom stereocenters. The molecule has 3 aliphatic rings. The molecule has 4 heterocycles. The number of pyridine rings is 1. The number of aliphatic imine (C=N–C) groups is 1. The molecule has 0 aliphatic carbocycles. The molecular weight excluding hydrogens is 470 g/mol. The van der Waals surface area contributed by atoms with Crippen LogP contribution in [0.4, 0.5) is 11.5 Å². The van der Waals surface area contributed by atoms with Crippen molar-refractivity contribution in [2.75, 3.05) is 47.9 Å². The van der Waals surface area contributed by atoms with E-state index in [9.17, 15) is 13.2 Å². The van der Waals surface area contributed by atoms with E-state index in [0.717, 1.165) is 18.9 Å². The third kappa shape index (κ3) is 4.44. The Kier molecular flexibility index (Phi) is 5.77. The van der Waals surface area contributed by atoms with Gasteiger partial charge in [-0.2, -0.15) is 0 Å². The summed E-state index contributed by atoms with van der Waals surface area (Å²) in [7, 11) is -3.00. The minimum Gasteiger partial charge on any atom is -0.353 e. The first-order valence-corrected chi connectivity index (χ1v) is 13.4. The fourth-order valence-corrected chi connectivity index (χ4v) is 7.98. The van der Waals surface area contributed by atoms with Gasteiger partial charge in [0.15, 0.2) is 15.0 Å². The van der Waals surface area contributed by atoms with Gasteiger partial charge in [-0.25, -0.2) is 13.4 Å². The van der Waals surface area contributed by atoms with Crippen molar-refractivity contribution < 1.29 is 13.2 Å². The molecule has 32 heavy (non-hydrogen) atoms. The third-order valence-electron chi connectivity index (χ3n) is 5.81. The van der Waals surface area contributed by atoms with E-state index in [-0.39, 0.29) is 28.7 Å². The Morgan fingerprint density at radius 1 is 1.12 bits per heavy atom. The fraction of sp³-hybridized carbons (Fsp3) is 0.381. The van der Waals surface area contributed by atoms with Crippen LogP contribution >= 0.6 is 23.4 Å². The standard InChI is InChI=1S/C21H22ClN5O3S2/c22-15-5-4-14(11-16(15)24-21-25-17-12-32(29,30)13-18(17)31-21)20(28)27-9-7-26(8-10-27)19-3-1-2-6-23-19/h1-6,11,17-18H,7-10,12-13H2,(H,24,25)/t17-,18-/m0/s1. The Bertz CT molecular complexity index is 1170. The first-order valence-electron chi connectivity index (χ1n) is 10.3. The summed E-state index contributed by atoms with van der Waals surface area (Å²) in [5, 5.41) is 4.26. The number of thioether (sulfide) groups is 1. The molecule has 2 atom stereocenters. The van der Waals surface area contributed by atoms with E-state index in [4.69, 9.17) is 11.6 Å². The number of halogens is 1. The van der Waals surface area contributed by atoms with E-state index in [1.807, 2.05) is 23.1 Å². The molecule has 3 aliphatic heterocycles. The number of hydrogen-bond donors (Lipinski definition) is 1. The Balaban J connectivity index is 1.25. The van der Waals surface area contributed by atoms with E-state index in [0.29, 0.717) is 34.5 Å². The van der Waals surface area contributed by atoms with Gasteiger partial charge in [-0.15, -0.1) is 0 Å². The fourth-order valence-electron chi connectivity index (χ4n) is 4.15. The van der Waals surface area contributed by atoms with Gasteiger partial charge in [0, 0.05) is 43.2 Å². The van der Waals surface area contributed by atoms with Crippen molar-refractivity contribution in [3.05, 3.63) is 53.2 Å². The molecule has 8 nitrogen and oxygen atoms in total. The molecule has 0 radical (unpaired) electrons. The van der Waals surface area contributed by atoms with Crippen LogP contribution in [0.25, 0.3) is 0 Å². The molecule has 0 spiro atoms. The molecule has 0 bridgehead atoms. The third-order valence-corrected chi connectivity index (χ3v) is 9.28. The number of amidine groups is 1. The number of nitrogens with one attached hydrogen (secondary N) is 1. The molecule has 2 saturated heterocycles. The lowest BCUT2D eigenvalue weighted by molar-refractivity contribution is 0.0746. The molecule has 1 amide bonds. The van der Waals surface area contributed by atoms with Crippen LogP contribution in [0.2, 0.25) is 5.02 Å². The van der Waals surface area contributed by atoms with Gasteiger partial charge in [-0.05, 0) is 30.3 Å². The summed E-state index contributed by atoms with van der Waals surface area (Å²) in [6.45, 7) is 2.67. The topological polar surface area (TPSA) is 95.0 Å². The number of amides is 1. The van der Waals surface area contributed by atoms with Crippen LogP contribution in [-0.4, -0.2) is 78.4 Å². The molecule has 168 valence electrons. The van der Waals surface area contributed by atoms with Gasteiger partial charge in [-0.3, -0.25) is 9.79 Å². The molecule has 0 saturated carbocycles. The van der Waals surface area contributed by atoms with Gasteiger partial charge in [0.1, 0.15) is 5.82 Å². The molecule has 11 heteroatoms. The molecule has 2 fully saturated rings. The first kappa shape index (κ1) is 21.5. The second-order valence-corrected chi connectivity index (χ2v) is 11.8. The van der Waals surface area contributed by atoms with Gasteiger partial charge in [0.2, 0.25) is 0 Å². The maximum atomic E-state index is 13.1. The van der Waals surface area contributed by atoms with Crippen LogP contribution in [0.3, 0.4) is 0 Å². The first-order chi connectivity index (χ1) is 15.4. The van der Waals surface area contributed by atoms with E-state index < -0.39 is 9.84 Å². The van der Waals surface area contributed by atoms with Crippen LogP contribution in [0, 0.1) is 0 Å².